The fraction of sp³-hybridized carbons (Fsp3) is 0.643. The first-order chi connectivity index (χ1) is 9.24. The summed E-state index contributed by atoms with van der Waals surface area (Å²) in [6.07, 6.45) is 3.76. The Labute approximate surface area is 114 Å². The molecule has 0 aromatic carbocycles. The van der Waals surface area contributed by atoms with E-state index in [-0.39, 0.29) is 12.1 Å². The molecule has 1 fully saturated rings. The van der Waals surface area contributed by atoms with E-state index in [1.54, 1.807) is 6.20 Å². The number of rotatable bonds is 5. The quantitative estimate of drug-likeness (QED) is 0.863. The summed E-state index contributed by atoms with van der Waals surface area (Å²) in [5, 5.41) is 3.33. The van der Waals surface area contributed by atoms with E-state index in [1.807, 2.05) is 26.2 Å². The zero-order valence-electron chi connectivity index (χ0n) is 11.9. The first-order valence-corrected chi connectivity index (χ1v) is 6.79. The third-order valence-corrected chi connectivity index (χ3v) is 3.38. The maximum atomic E-state index is 5.88. The Morgan fingerprint density at radius 3 is 3.11 bits per heavy atom. The van der Waals surface area contributed by atoms with Crippen LogP contribution in [0, 0.1) is 0 Å². The molecule has 0 bridgehead atoms. The van der Waals surface area contributed by atoms with Gasteiger partial charge in [0.2, 0.25) is 0 Å². The Kier molecular flexibility index (Phi) is 5.13. The van der Waals surface area contributed by atoms with Crippen LogP contribution in [0.15, 0.2) is 18.5 Å². The monoisotopic (exact) mass is 265 g/mol. The molecule has 106 valence electrons. The van der Waals surface area contributed by atoms with Crippen LogP contribution >= 0.6 is 0 Å². The maximum Gasteiger partial charge on any atom is 0.137 e. The number of hydrogen-bond acceptors (Lipinski definition) is 5. The Morgan fingerprint density at radius 2 is 2.42 bits per heavy atom. The molecular weight excluding hydrogens is 242 g/mol. The average molecular weight is 265 g/mol. The predicted molar refractivity (Wildman–Crippen MR) is 74.4 cm³/mol. The number of nitrogens with one attached hydrogen (secondary N) is 1. The molecule has 19 heavy (non-hydrogen) atoms. The summed E-state index contributed by atoms with van der Waals surface area (Å²) < 4.78 is 11.4. The van der Waals surface area contributed by atoms with Gasteiger partial charge in [0, 0.05) is 19.3 Å². The summed E-state index contributed by atoms with van der Waals surface area (Å²) in [5.74, 6) is 0.810. The van der Waals surface area contributed by atoms with Crippen molar-refractivity contribution in [3.05, 3.63) is 24.0 Å². The van der Waals surface area contributed by atoms with Crippen molar-refractivity contribution < 1.29 is 9.47 Å². The van der Waals surface area contributed by atoms with Gasteiger partial charge >= 0.3 is 0 Å². The van der Waals surface area contributed by atoms with Crippen molar-refractivity contribution in [3.8, 4) is 5.75 Å². The molecule has 2 unspecified atom stereocenters. The minimum absolute atomic E-state index is 0.135. The first-order valence-electron chi connectivity index (χ1n) is 6.79. The van der Waals surface area contributed by atoms with E-state index in [4.69, 9.17) is 9.47 Å². The second-order valence-electron chi connectivity index (χ2n) is 4.82. The molecule has 0 spiro atoms. The normalized spacial score (nSPS) is 22.2. The molecule has 0 aliphatic carbocycles. The molecule has 2 heterocycles. The van der Waals surface area contributed by atoms with E-state index in [1.165, 1.54) is 0 Å². The Morgan fingerprint density at radius 1 is 1.58 bits per heavy atom. The number of hydrogen-bond donors (Lipinski definition) is 1. The maximum absolute atomic E-state index is 5.88. The first kappa shape index (κ1) is 14.2. The van der Waals surface area contributed by atoms with Crippen LogP contribution in [0.1, 0.15) is 18.5 Å². The SMILES string of the molecule is CCOc1cncc(C(NC)C2CN(C)CCO2)c1. The van der Waals surface area contributed by atoms with Crippen molar-refractivity contribution >= 4 is 0 Å². The predicted octanol–water partition coefficient (Wildman–Crippen LogP) is 1.07. The molecule has 1 aromatic rings. The van der Waals surface area contributed by atoms with Gasteiger partial charge in [-0.15, -0.1) is 0 Å². The van der Waals surface area contributed by atoms with Crippen LogP contribution in [0.5, 0.6) is 5.75 Å². The summed E-state index contributed by atoms with van der Waals surface area (Å²) in [7, 11) is 4.08. The summed E-state index contributed by atoms with van der Waals surface area (Å²) >= 11 is 0. The Hall–Kier alpha value is -1.17. The Balaban J connectivity index is 2.13. The van der Waals surface area contributed by atoms with Crippen LogP contribution in [0.25, 0.3) is 0 Å². The van der Waals surface area contributed by atoms with Crippen LogP contribution in [0.3, 0.4) is 0 Å². The van der Waals surface area contributed by atoms with Gasteiger partial charge in [-0.3, -0.25) is 4.98 Å². The zero-order valence-corrected chi connectivity index (χ0v) is 11.9. The topological polar surface area (TPSA) is 46.6 Å². The molecule has 0 saturated carbocycles. The van der Waals surface area contributed by atoms with Gasteiger partial charge in [0.25, 0.3) is 0 Å². The standard InChI is InChI=1S/C14H23N3O2/c1-4-18-12-7-11(8-16-9-12)14(15-2)13-10-17(3)5-6-19-13/h7-9,13-15H,4-6,10H2,1-3H3. The highest BCUT2D eigenvalue weighted by atomic mass is 16.5. The lowest BCUT2D eigenvalue weighted by atomic mass is 10.0. The van der Waals surface area contributed by atoms with Gasteiger partial charge in [-0.2, -0.15) is 0 Å². The van der Waals surface area contributed by atoms with E-state index < -0.39 is 0 Å². The van der Waals surface area contributed by atoms with E-state index in [2.05, 4.69) is 22.2 Å². The third-order valence-electron chi connectivity index (χ3n) is 3.38. The van der Waals surface area contributed by atoms with Gasteiger partial charge in [-0.1, -0.05) is 0 Å². The zero-order chi connectivity index (χ0) is 13.7. The van der Waals surface area contributed by atoms with Crippen molar-refractivity contribution in [2.75, 3.05) is 40.4 Å². The van der Waals surface area contributed by atoms with Crippen molar-refractivity contribution in [3.63, 3.8) is 0 Å². The molecule has 5 nitrogen and oxygen atoms in total. The van der Waals surface area contributed by atoms with Gasteiger partial charge < -0.3 is 19.7 Å². The lowest BCUT2D eigenvalue weighted by Gasteiger charge is -2.35. The van der Waals surface area contributed by atoms with Gasteiger partial charge in [-0.05, 0) is 32.6 Å². The van der Waals surface area contributed by atoms with Crippen LogP contribution in [-0.4, -0.2) is 56.4 Å². The molecule has 1 aliphatic rings. The minimum Gasteiger partial charge on any atom is -0.492 e. The lowest BCUT2D eigenvalue weighted by Crippen LogP contribution is -2.46. The van der Waals surface area contributed by atoms with Crippen molar-refractivity contribution in [1.29, 1.82) is 0 Å². The largest absolute Gasteiger partial charge is 0.492 e. The van der Waals surface area contributed by atoms with E-state index in [0.29, 0.717) is 6.61 Å². The van der Waals surface area contributed by atoms with E-state index in [9.17, 15) is 0 Å². The van der Waals surface area contributed by atoms with Crippen molar-refractivity contribution in [1.82, 2.24) is 15.2 Å². The minimum atomic E-state index is 0.135. The molecule has 0 amide bonds. The van der Waals surface area contributed by atoms with Gasteiger partial charge in [-0.25, -0.2) is 0 Å². The summed E-state index contributed by atoms with van der Waals surface area (Å²) in [4.78, 5) is 6.54. The van der Waals surface area contributed by atoms with Crippen molar-refractivity contribution in [2.45, 2.75) is 19.1 Å². The second kappa shape index (κ2) is 6.84. The molecule has 2 atom stereocenters. The lowest BCUT2D eigenvalue weighted by molar-refractivity contribution is -0.0381. The number of pyridine rings is 1. The third kappa shape index (κ3) is 3.65. The fourth-order valence-corrected chi connectivity index (χ4v) is 2.43. The number of ether oxygens (including phenoxy) is 2. The van der Waals surface area contributed by atoms with Crippen LogP contribution < -0.4 is 10.1 Å². The van der Waals surface area contributed by atoms with Crippen molar-refractivity contribution in [2.24, 2.45) is 0 Å². The van der Waals surface area contributed by atoms with Crippen LogP contribution in [-0.2, 0) is 4.74 Å². The highest BCUT2D eigenvalue weighted by Crippen LogP contribution is 2.24. The van der Waals surface area contributed by atoms with E-state index >= 15 is 0 Å². The highest BCUT2D eigenvalue weighted by Gasteiger charge is 2.27. The summed E-state index contributed by atoms with van der Waals surface area (Å²) in [6.45, 7) is 5.31. The number of aromatic nitrogens is 1. The van der Waals surface area contributed by atoms with Crippen LogP contribution in [0.2, 0.25) is 0 Å². The number of morpholine rings is 1. The number of likely N-dealkylation sites (N-methyl/N-ethyl adjacent to an activating group) is 2. The second-order valence-corrected chi connectivity index (χ2v) is 4.82. The highest BCUT2D eigenvalue weighted by molar-refractivity contribution is 5.27. The molecule has 1 aliphatic heterocycles. The fourth-order valence-electron chi connectivity index (χ4n) is 2.43. The molecule has 1 aromatic heterocycles. The molecular formula is C14H23N3O2. The Bertz CT molecular complexity index is 400. The molecule has 1 N–H and O–H groups in total. The summed E-state index contributed by atoms with van der Waals surface area (Å²) in [5.41, 5.74) is 1.11. The van der Waals surface area contributed by atoms with Gasteiger partial charge in [0.05, 0.1) is 31.6 Å². The van der Waals surface area contributed by atoms with Gasteiger partial charge in [0.1, 0.15) is 5.75 Å². The smallest absolute Gasteiger partial charge is 0.137 e. The molecule has 1 saturated heterocycles. The van der Waals surface area contributed by atoms with E-state index in [0.717, 1.165) is 31.0 Å². The van der Waals surface area contributed by atoms with Crippen LogP contribution in [0.4, 0.5) is 0 Å². The van der Waals surface area contributed by atoms with Gasteiger partial charge in [0.15, 0.2) is 0 Å². The summed E-state index contributed by atoms with van der Waals surface area (Å²) in [6, 6.07) is 2.17. The molecule has 0 radical (unpaired) electrons. The average Bonchev–Trinajstić information content (AvgIpc) is 2.41. The molecule has 5 heteroatoms. The molecule has 2 rings (SSSR count). The number of nitrogens with zero attached hydrogens (tertiary/aromatic N) is 2.